The van der Waals surface area contributed by atoms with E-state index in [1.807, 2.05) is 0 Å². The maximum absolute atomic E-state index is 6.34. The Morgan fingerprint density at radius 1 is 0.960 bits per heavy atom. The van der Waals surface area contributed by atoms with Gasteiger partial charge in [-0.1, -0.05) is 45.0 Å². The summed E-state index contributed by atoms with van der Waals surface area (Å²) in [6.07, 6.45) is 2.72. The van der Waals surface area contributed by atoms with Gasteiger partial charge in [0.1, 0.15) is 5.75 Å². The van der Waals surface area contributed by atoms with Gasteiger partial charge in [0.2, 0.25) is 8.32 Å². The van der Waals surface area contributed by atoms with Crippen LogP contribution in [0.25, 0.3) is 0 Å². The molecule has 0 bridgehead atoms. The molecule has 0 aromatic heterocycles. The lowest BCUT2D eigenvalue weighted by molar-refractivity contribution is 0.492. The van der Waals surface area contributed by atoms with Gasteiger partial charge in [-0.2, -0.15) is 0 Å². The Balaban J connectivity index is 1.55. The third kappa shape index (κ3) is 4.66. The summed E-state index contributed by atoms with van der Waals surface area (Å²) in [5.41, 5.74) is 3.95. The molecule has 25 heavy (non-hydrogen) atoms. The van der Waals surface area contributed by atoms with Crippen molar-refractivity contribution in [1.82, 2.24) is 0 Å². The SMILES string of the molecule is CC(C)(C)[Si](C)(C)Oc1ccc(NCc2ccc(C3CC3)cc2)cc1. The summed E-state index contributed by atoms with van der Waals surface area (Å²) < 4.78 is 6.34. The molecule has 3 heteroatoms. The molecule has 0 heterocycles. The van der Waals surface area contributed by atoms with Crippen LogP contribution in [0.15, 0.2) is 48.5 Å². The summed E-state index contributed by atoms with van der Waals surface area (Å²) in [6, 6.07) is 17.4. The van der Waals surface area contributed by atoms with Gasteiger partial charge in [0.25, 0.3) is 0 Å². The maximum atomic E-state index is 6.34. The molecule has 1 saturated carbocycles. The van der Waals surface area contributed by atoms with Crippen molar-refractivity contribution >= 4 is 14.0 Å². The van der Waals surface area contributed by atoms with Crippen LogP contribution < -0.4 is 9.74 Å². The van der Waals surface area contributed by atoms with E-state index >= 15 is 0 Å². The van der Waals surface area contributed by atoms with E-state index in [2.05, 4.69) is 87.7 Å². The van der Waals surface area contributed by atoms with Crippen LogP contribution in [0.4, 0.5) is 5.69 Å². The summed E-state index contributed by atoms with van der Waals surface area (Å²) >= 11 is 0. The average Bonchev–Trinajstić information content (AvgIpc) is 3.38. The van der Waals surface area contributed by atoms with Gasteiger partial charge >= 0.3 is 0 Å². The fourth-order valence-corrected chi connectivity index (χ4v) is 3.65. The Bertz CT molecular complexity index is 694. The van der Waals surface area contributed by atoms with E-state index in [0.717, 1.165) is 23.9 Å². The van der Waals surface area contributed by atoms with Crippen LogP contribution in [-0.4, -0.2) is 8.32 Å². The van der Waals surface area contributed by atoms with Crippen molar-refractivity contribution in [3.63, 3.8) is 0 Å². The molecule has 2 nitrogen and oxygen atoms in total. The predicted octanol–water partition coefficient (Wildman–Crippen LogP) is 6.56. The molecule has 0 aliphatic heterocycles. The first-order valence-corrected chi connectivity index (χ1v) is 12.3. The standard InChI is InChI=1S/C22H31NOSi/c1-22(2,3)25(4,5)24-21-14-12-20(13-15-21)23-16-17-6-8-18(9-7-17)19-10-11-19/h6-9,12-15,19,23H,10-11,16H2,1-5H3. The van der Waals surface area contributed by atoms with Crippen molar-refractivity contribution in [1.29, 1.82) is 0 Å². The molecule has 0 radical (unpaired) electrons. The molecule has 3 rings (SSSR count). The van der Waals surface area contributed by atoms with Gasteiger partial charge in [0.15, 0.2) is 0 Å². The molecule has 1 N–H and O–H groups in total. The number of hydrogen-bond acceptors (Lipinski definition) is 2. The van der Waals surface area contributed by atoms with E-state index in [9.17, 15) is 0 Å². The van der Waals surface area contributed by atoms with E-state index in [1.165, 1.54) is 24.0 Å². The fourth-order valence-electron chi connectivity index (χ4n) is 2.62. The first-order valence-electron chi connectivity index (χ1n) is 9.36. The molecule has 0 unspecified atom stereocenters. The topological polar surface area (TPSA) is 21.3 Å². The van der Waals surface area contributed by atoms with Crippen molar-refractivity contribution < 1.29 is 4.43 Å². The van der Waals surface area contributed by atoms with E-state index in [-0.39, 0.29) is 5.04 Å². The van der Waals surface area contributed by atoms with Crippen molar-refractivity contribution in [3.05, 3.63) is 59.7 Å². The highest BCUT2D eigenvalue weighted by molar-refractivity contribution is 6.74. The van der Waals surface area contributed by atoms with Crippen LogP contribution in [0.3, 0.4) is 0 Å². The van der Waals surface area contributed by atoms with Crippen LogP contribution in [0.5, 0.6) is 5.75 Å². The molecule has 2 aromatic carbocycles. The van der Waals surface area contributed by atoms with Gasteiger partial charge in [-0.05, 0) is 72.3 Å². The minimum atomic E-state index is -1.76. The smallest absolute Gasteiger partial charge is 0.250 e. The normalized spacial score (nSPS) is 15.1. The Morgan fingerprint density at radius 2 is 1.56 bits per heavy atom. The zero-order chi connectivity index (χ0) is 18.1. The molecule has 0 amide bonds. The van der Waals surface area contributed by atoms with E-state index in [1.54, 1.807) is 0 Å². The predicted molar refractivity (Wildman–Crippen MR) is 110 cm³/mol. The Morgan fingerprint density at radius 3 is 2.08 bits per heavy atom. The van der Waals surface area contributed by atoms with Crippen LogP contribution >= 0.6 is 0 Å². The second kappa shape index (κ2) is 6.87. The molecular weight excluding hydrogens is 322 g/mol. The molecule has 0 spiro atoms. The summed E-state index contributed by atoms with van der Waals surface area (Å²) in [4.78, 5) is 0. The van der Waals surface area contributed by atoms with Gasteiger partial charge in [-0.3, -0.25) is 0 Å². The third-order valence-electron chi connectivity index (χ3n) is 5.56. The summed E-state index contributed by atoms with van der Waals surface area (Å²) in [5.74, 6) is 1.81. The van der Waals surface area contributed by atoms with Crippen molar-refractivity contribution in [2.45, 2.75) is 64.2 Å². The van der Waals surface area contributed by atoms with Gasteiger partial charge in [0, 0.05) is 12.2 Å². The molecule has 1 aliphatic rings. The first-order chi connectivity index (χ1) is 11.7. The van der Waals surface area contributed by atoms with Gasteiger partial charge in [0.05, 0.1) is 0 Å². The molecular formula is C22H31NOSi. The molecule has 2 aromatic rings. The zero-order valence-corrected chi connectivity index (χ0v) is 17.2. The molecule has 0 saturated heterocycles. The monoisotopic (exact) mass is 353 g/mol. The van der Waals surface area contributed by atoms with Crippen LogP contribution in [0.1, 0.15) is 50.7 Å². The van der Waals surface area contributed by atoms with Gasteiger partial charge < -0.3 is 9.74 Å². The molecule has 134 valence electrons. The van der Waals surface area contributed by atoms with Gasteiger partial charge in [-0.15, -0.1) is 0 Å². The number of hydrogen-bond donors (Lipinski definition) is 1. The second-order valence-corrected chi connectivity index (χ2v) is 13.5. The Labute approximate surface area is 153 Å². The Kier molecular flexibility index (Phi) is 4.96. The van der Waals surface area contributed by atoms with Crippen LogP contribution in [0.2, 0.25) is 18.1 Å². The summed E-state index contributed by atoms with van der Waals surface area (Å²) in [7, 11) is -1.76. The van der Waals surface area contributed by atoms with E-state index in [0.29, 0.717) is 0 Å². The molecule has 1 aliphatic carbocycles. The van der Waals surface area contributed by atoms with Crippen molar-refractivity contribution in [2.75, 3.05) is 5.32 Å². The highest BCUT2D eigenvalue weighted by Gasteiger charge is 2.38. The first kappa shape index (κ1) is 18.1. The lowest BCUT2D eigenvalue weighted by Gasteiger charge is -2.36. The van der Waals surface area contributed by atoms with Gasteiger partial charge in [-0.25, -0.2) is 0 Å². The third-order valence-corrected chi connectivity index (χ3v) is 9.92. The van der Waals surface area contributed by atoms with E-state index in [4.69, 9.17) is 4.43 Å². The zero-order valence-electron chi connectivity index (χ0n) is 16.2. The van der Waals surface area contributed by atoms with Crippen molar-refractivity contribution in [3.8, 4) is 5.75 Å². The highest BCUT2D eigenvalue weighted by atomic mass is 28.4. The second-order valence-electron chi connectivity index (χ2n) is 8.76. The number of anilines is 1. The lowest BCUT2D eigenvalue weighted by atomic mass is 10.1. The minimum absolute atomic E-state index is 0.219. The molecule has 0 atom stereocenters. The number of rotatable bonds is 6. The van der Waals surface area contributed by atoms with Crippen LogP contribution in [0, 0.1) is 0 Å². The minimum Gasteiger partial charge on any atom is -0.544 e. The van der Waals surface area contributed by atoms with Crippen molar-refractivity contribution in [2.24, 2.45) is 0 Å². The maximum Gasteiger partial charge on any atom is 0.250 e. The summed E-state index contributed by atoms with van der Waals surface area (Å²) in [5, 5.41) is 3.72. The van der Waals surface area contributed by atoms with Crippen LogP contribution in [-0.2, 0) is 6.54 Å². The highest BCUT2D eigenvalue weighted by Crippen LogP contribution is 2.40. The summed E-state index contributed by atoms with van der Waals surface area (Å²) in [6.45, 7) is 12.2. The number of benzene rings is 2. The average molecular weight is 354 g/mol. The molecule has 1 fully saturated rings. The lowest BCUT2D eigenvalue weighted by Crippen LogP contribution is -2.43. The Hall–Kier alpha value is -1.74. The quantitative estimate of drug-likeness (QED) is 0.594. The number of nitrogens with one attached hydrogen (secondary N) is 1. The largest absolute Gasteiger partial charge is 0.544 e. The van der Waals surface area contributed by atoms with E-state index < -0.39 is 8.32 Å². The fraction of sp³-hybridized carbons (Fsp3) is 0.455.